The molecule has 5 aromatic rings. The quantitative estimate of drug-likeness (QED) is 0.330. The molecule has 0 atom stereocenters. The summed E-state index contributed by atoms with van der Waals surface area (Å²) in [6, 6.07) is 22.4. The summed E-state index contributed by atoms with van der Waals surface area (Å²) in [5.41, 5.74) is 5.77. The monoisotopic (exact) mass is 483 g/mol. The lowest BCUT2D eigenvalue weighted by molar-refractivity contribution is 0.313. The summed E-state index contributed by atoms with van der Waals surface area (Å²) in [5, 5.41) is 7.79. The summed E-state index contributed by atoms with van der Waals surface area (Å²) in [6.45, 7) is 4.01. The molecule has 0 bridgehead atoms. The molecule has 35 heavy (non-hydrogen) atoms. The molecule has 6 rings (SSSR count). The van der Waals surface area contributed by atoms with E-state index in [0.29, 0.717) is 0 Å². The average molecular weight is 484 g/mol. The van der Waals surface area contributed by atoms with Gasteiger partial charge in [-0.3, -0.25) is 4.98 Å². The van der Waals surface area contributed by atoms with Gasteiger partial charge < -0.3 is 14.5 Å². The van der Waals surface area contributed by atoms with Crippen molar-refractivity contribution in [3.63, 3.8) is 0 Å². The number of nitrogens with zero attached hydrogens (tertiary/aromatic N) is 5. The highest BCUT2D eigenvalue weighted by molar-refractivity contribution is 6.33. The van der Waals surface area contributed by atoms with E-state index in [1.54, 1.807) is 7.11 Å². The van der Waals surface area contributed by atoms with Gasteiger partial charge in [-0.1, -0.05) is 35.9 Å². The van der Waals surface area contributed by atoms with Gasteiger partial charge in [-0.2, -0.15) is 5.10 Å². The van der Waals surface area contributed by atoms with Crippen LogP contribution in [0.25, 0.3) is 38.8 Å². The molecule has 0 aliphatic carbocycles. The van der Waals surface area contributed by atoms with Crippen molar-refractivity contribution in [1.29, 1.82) is 0 Å². The van der Waals surface area contributed by atoms with Crippen LogP contribution in [0.15, 0.2) is 72.9 Å². The Morgan fingerprint density at radius 1 is 0.886 bits per heavy atom. The number of hydrogen-bond acceptors (Lipinski definition) is 5. The van der Waals surface area contributed by atoms with Gasteiger partial charge in [0.1, 0.15) is 11.4 Å². The van der Waals surface area contributed by atoms with Crippen LogP contribution in [-0.2, 0) is 0 Å². The van der Waals surface area contributed by atoms with Gasteiger partial charge in [0.15, 0.2) is 0 Å². The van der Waals surface area contributed by atoms with Crippen molar-refractivity contribution in [2.45, 2.75) is 0 Å². The van der Waals surface area contributed by atoms with E-state index in [1.165, 1.54) is 0 Å². The number of benzene rings is 3. The first-order valence-corrected chi connectivity index (χ1v) is 12.1. The number of aromatic nitrogens is 3. The summed E-state index contributed by atoms with van der Waals surface area (Å²) in [6.07, 6.45) is 1.91. The molecular weight excluding hydrogens is 458 g/mol. The molecule has 1 aliphatic heterocycles. The first-order chi connectivity index (χ1) is 17.1. The molecule has 1 fully saturated rings. The smallest absolute Gasteiger partial charge is 0.119 e. The summed E-state index contributed by atoms with van der Waals surface area (Å²) in [4.78, 5) is 9.44. The molecule has 0 unspecified atom stereocenters. The molecule has 3 aromatic carbocycles. The maximum atomic E-state index is 6.84. The molecule has 176 valence electrons. The van der Waals surface area contributed by atoms with Gasteiger partial charge in [0.2, 0.25) is 0 Å². The highest BCUT2D eigenvalue weighted by atomic mass is 35.5. The minimum absolute atomic E-state index is 0.741. The zero-order valence-corrected chi connectivity index (χ0v) is 20.5. The summed E-state index contributed by atoms with van der Waals surface area (Å²) in [5.74, 6) is 0.786. The maximum absolute atomic E-state index is 6.84. The molecular formula is C28H26ClN5O. The normalized spacial score (nSPS) is 14.7. The average Bonchev–Trinajstić information content (AvgIpc) is 3.30. The van der Waals surface area contributed by atoms with Crippen LogP contribution in [-0.4, -0.2) is 60.0 Å². The molecule has 0 N–H and O–H groups in total. The van der Waals surface area contributed by atoms with E-state index in [9.17, 15) is 0 Å². The molecule has 0 spiro atoms. The highest BCUT2D eigenvalue weighted by Crippen LogP contribution is 2.37. The van der Waals surface area contributed by atoms with Gasteiger partial charge in [0, 0.05) is 48.7 Å². The van der Waals surface area contributed by atoms with Crippen molar-refractivity contribution in [2.75, 3.05) is 45.2 Å². The van der Waals surface area contributed by atoms with Gasteiger partial charge in [0.05, 0.1) is 34.5 Å². The van der Waals surface area contributed by atoms with E-state index < -0.39 is 0 Å². The number of ether oxygens (including phenoxy) is 1. The molecule has 1 saturated heterocycles. The first kappa shape index (κ1) is 21.9. The Morgan fingerprint density at radius 2 is 1.69 bits per heavy atom. The fourth-order valence-corrected chi connectivity index (χ4v) is 5.12. The number of fused-ring (bicyclic) bond motifs is 3. The van der Waals surface area contributed by atoms with Crippen LogP contribution in [0.5, 0.6) is 5.75 Å². The molecule has 1 aliphatic rings. The van der Waals surface area contributed by atoms with Crippen molar-refractivity contribution in [1.82, 2.24) is 19.7 Å². The highest BCUT2D eigenvalue weighted by Gasteiger charge is 2.20. The SMILES string of the molecule is COc1ccc2ncc3c(-c4ccc(N5CCN(C)CC5)c(Cl)c4)nn(-c4ccccc4)c3c2c1. The minimum Gasteiger partial charge on any atom is -0.497 e. The van der Waals surface area contributed by atoms with Gasteiger partial charge in [-0.15, -0.1) is 0 Å². The van der Waals surface area contributed by atoms with E-state index in [-0.39, 0.29) is 0 Å². The van der Waals surface area contributed by atoms with Crippen LogP contribution in [0.4, 0.5) is 5.69 Å². The molecule has 3 heterocycles. The number of para-hydroxylation sites is 1. The van der Waals surface area contributed by atoms with E-state index >= 15 is 0 Å². The van der Waals surface area contributed by atoms with Gasteiger partial charge in [0.25, 0.3) is 0 Å². The summed E-state index contributed by atoms with van der Waals surface area (Å²) >= 11 is 6.84. The predicted molar refractivity (Wildman–Crippen MR) is 143 cm³/mol. The van der Waals surface area contributed by atoms with Crippen LogP contribution in [0.2, 0.25) is 5.02 Å². The second-order valence-corrected chi connectivity index (χ2v) is 9.36. The van der Waals surface area contributed by atoms with E-state index in [4.69, 9.17) is 26.4 Å². The maximum Gasteiger partial charge on any atom is 0.119 e. The van der Waals surface area contributed by atoms with Crippen molar-refractivity contribution in [2.24, 2.45) is 0 Å². The fraction of sp³-hybridized carbons (Fsp3) is 0.214. The molecule has 2 aromatic heterocycles. The number of hydrogen-bond donors (Lipinski definition) is 0. The Bertz CT molecular complexity index is 1520. The fourth-order valence-electron chi connectivity index (χ4n) is 4.82. The zero-order chi connectivity index (χ0) is 23.9. The van der Waals surface area contributed by atoms with E-state index in [2.05, 4.69) is 41.1 Å². The number of halogens is 1. The van der Waals surface area contributed by atoms with E-state index in [0.717, 1.165) is 81.4 Å². The Balaban J connectivity index is 1.53. The van der Waals surface area contributed by atoms with Crippen LogP contribution in [0.3, 0.4) is 0 Å². The zero-order valence-electron chi connectivity index (χ0n) is 19.8. The van der Waals surface area contributed by atoms with Crippen molar-refractivity contribution < 1.29 is 4.74 Å². The Morgan fingerprint density at radius 3 is 2.43 bits per heavy atom. The Kier molecular flexibility index (Phi) is 5.55. The third kappa shape index (κ3) is 3.89. The second-order valence-electron chi connectivity index (χ2n) is 8.96. The summed E-state index contributed by atoms with van der Waals surface area (Å²) in [7, 11) is 3.84. The van der Waals surface area contributed by atoms with Crippen molar-refractivity contribution in [3.8, 4) is 22.7 Å². The first-order valence-electron chi connectivity index (χ1n) is 11.8. The molecule has 6 nitrogen and oxygen atoms in total. The molecule has 0 radical (unpaired) electrons. The van der Waals surface area contributed by atoms with Crippen molar-refractivity contribution >= 4 is 39.1 Å². The second kappa shape index (κ2) is 8.87. The van der Waals surface area contributed by atoms with Crippen LogP contribution in [0, 0.1) is 0 Å². The molecule has 0 saturated carbocycles. The van der Waals surface area contributed by atoms with Gasteiger partial charge >= 0.3 is 0 Å². The number of methoxy groups -OCH3 is 1. The Labute approximate surface area is 209 Å². The minimum atomic E-state index is 0.741. The third-order valence-electron chi connectivity index (χ3n) is 6.78. The third-order valence-corrected chi connectivity index (χ3v) is 7.08. The molecule has 7 heteroatoms. The standard InChI is InChI=1S/C28H26ClN5O/c1-32-12-14-33(15-13-32)26-11-8-19(16-24(26)29)27-23-18-30-25-10-9-21(35-2)17-22(25)28(23)34(31-27)20-6-4-3-5-7-20/h3-11,16-18H,12-15H2,1-2H3. The van der Waals surface area contributed by atoms with Crippen LogP contribution in [0.1, 0.15) is 0 Å². The number of rotatable bonds is 4. The van der Waals surface area contributed by atoms with Gasteiger partial charge in [-0.25, -0.2) is 4.68 Å². The topological polar surface area (TPSA) is 46.4 Å². The number of likely N-dealkylation sites (N-methyl/N-ethyl adjacent to an activating group) is 1. The summed E-state index contributed by atoms with van der Waals surface area (Å²) < 4.78 is 7.52. The predicted octanol–water partition coefficient (Wildman–Crippen LogP) is 5.65. The molecule has 0 amide bonds. The van der Waals surface area contributed by atoms with E-state index in [1.807, 2.05) is 53.3 Å². The Hall–Kier alpha value is -3.61. The number of anilines is 1. The lowest BCUT2D eigenvalue weighted by atomic mass is 10.1. The van der Waals surface area contributed by atoms with Crippen LogP contribution < -0.4 is 9.64 Å². The van der Waals surface area contributed by atoms with Gasteiger partial charge in [-0.05, 0) is 49.5 Å². The number of pyridine rings is 1. The lowest BCUT2D eigenvalue weighted by Gasteiger charge is -2.34. The largest absolute Gasteiger partial charge is 0.497 e. The van der Waals surface area contributed by atoms with Crippen LogP contribution >= 0.6 is 11.6 Å². The van der Waals surface area contributed by atoms with Crippen molar-refractivity contribution in [3.05, 3.63) is 77.9 Å². The lowest BCUT2D eigenvalue weighted by Crippen LogP contribution is -2.44. The number of piperazine rings is 1.